The summed E-state index contributed by atoms with van der Waals surface area (Å²) in [6.07, 6.45) is 1.58. The lowest BCUT2D eigenvalue weighted by molar-refractivity contribution is 0.0690. The number of pyridine rings is 1. The van der Waals surface area contributed by atoms with Crippen LogP contribution in [0.4, 0.5) is 5.69 Å². The minimum absolute atomic E-state index is 0.0417. The molecule has 0 bridgehead atoms. The Hall–Kier alpha value is -2.37. The minimum atomic E-state index is -1.08. The van der Waals surface area contributed by atoms with E-state index in [1.54, 1.807) is 10.9 Å². The minimum Gasteiger partial charge on any atom is -0.477 e. The van der Waals surface area contributed by atoms with Gasteiger partial charge < -0.3 is 10.8 Å². The first kappa shape index (κ1) is 11.1. The molecule has 2 heterocycles. The van der Waals surface area contributed by atoms with Crippen molar-refractivity contribution in [3.63, 3.8) is 0 Å². The fourth-order valence-corrected chi connectivity index (χ4v) is 1.48. The number of nitrogens with zero attached hydrogens (tertiary/aromatic N) is 3. The fraction of sp³-hybridized carbons (Fsp3) is 0.182. The van der Waals surface area contributed by atoms with Gasteiger partial charge in [0.2, 0.25) is 0 Å². The maximum Gasteiger partial charge on any atom is 0.354 e. The van der Waals surface area contributed by atoms with Gasteiger partial charge in [-0.2, -0.15) is 0 Å². The van der Waals surface area contributed by atoms with Crippen molar-refractivity contribution in [1.82, 2.24) is 14.5 Å². The van der Waals surface area contributed by atoms with Crippen molar-refractivity contribution in [2.24, 2.45) is 0 Å². The summed E-state index contributed by atoms with van der Waals surface area (Å²) in [5.41, 5.74) is 7.90. The maximum absolute atomic E-state index is 10.9. The molecular formula is C11H12N4O2. The van der Waals surface area contributed by atoms with E-state index in [1.807, 2.05) is 13.8 Å². The van der Waals surface area contributed by atoms with E-state index in [0.717, 1.165) is 11.4 Å². The number of aromatic nitrogens is 3. The predicted molar refractivity (Wildman–Crippen MR) is 62.2 cm³/mol. The molecule has 17 heavy (non-hydrogen) atoms. The second-order valence-electron chi connectivity index (χ2n) is 3.70. The highest BCUT2D eigenvalue weighted by Gasteiger charge is 2.12. The summed E-state index contributed by atoms with van der Waals surface area (Å²) in [6, 6.07) is 2.90. The van der Waals surface area contributed by atoms with Crippen LogP contribution in [-0.4, -0.2) is 25.6 Å². The van der Waals surface area contributed by atoms with E-state index in [4.69, 9.17) is 10.8 Å². The van der Waals surface area contributed by atoms with Gasteiger partial charge in [0.15, 0.2) is 11.5 Å². The van der Waals surface area contributed by atoms with Crippen molar-refractivity contribution in [2.45, 2.75) is 13.8 Å². The summed E-state index contributed by atoms with van der Waals surface area (Å²) in [4.78, 5) is 19.0. The molecule has 0 aliphatic carbocycles. The molecule has 2 aromatic heterocycles. The highest BCUT2D eigenvalue weighted by atomic mass is 16.4. The normalized spacial score (nSPS) is 10.5. The van der Waals surface area contributed by atoms with Crippen molar-refractivity contribution in [3.05, 3.63) is 35.5 Å². The standard InChI is InChI=1S/C11H12N4O2/c1-6-7(2)15(5-13-6)10-8(12)3-4-9(14-10)11(16)17/h3-5H,12H2,1-2H3,(H,16,17). The molecule has 0 amide bonds. The van der Waals surface area contributed by atoms with E-state index >= 15 is 0 Å². The molecule has 3 N–H and O–H groups in total. The second-order valence-corrected chi connectivity index (χ2v) is 3.70. The molecule has 0 fully saturated rings. The van der Waals surface area contributed by atoms with Crippen LogP contribution in [0.5, 0.6) is 0 Å². The Morgan fingerprint density at radius 2 is 2.12 bits per heavy atom. The Bertz CT molecular complexity index is 589. The van der Waals surface area contributed by atoms with Crippen LogP contribution in [0.15, 0.2) is 18.5 Å². The van der Waals surface area contributed by atoms with E-state index in [9.17, 15) is 4.79 Å². The summed E-state index contributed by atoms with van der Waals surface area (Å²) < 4.78 is 1.68. The number of hydrogen-bond donors (Lipinski definition) is 2. The number of aryl methyl sites for hydroxylation is 1. The van der Waals surface area contributed by atoms with E-state index in [-0.39, 0.29) is 5.69 Å². The summed E-state index contributed by atoms with van der Waals surface area (Å²) in [5, 5.41) is 8.89. The Morgan fingerprint density at radius 3 is 2.65 bits per heavy atom. The Labute approximate surface area is 97.7 Å². The quantitative estimate of drug-likeness (QED) is 0.810. The van der Waals surface area contributed by atoms with E-state index in [0.29, 0.717) is 11.5 Å². The number of anilines is 1. The van der Waals surface area contributed by atoms with Crippen LogP contribution in [-0.2, 0) is 0 Å². The van der Waals surface area contributed by atoms with Gasteiger partial charge in [0, 0.05) is 5.69 Å². The third-order valence-electron chi connectivity index (χ3n) is 2.60. The van der Waals surface area contributed by atoms with E-state index < -0.39 is 5.97 Å². The lowest BCUT2D eigenvalue weighted by atomic mass is 10.3. The molecule has 0 aromatic carbocycles. The molecule has 0 spiro atoms. The van der Waals surface area contributed by atoms with Gasteiger partial charge in [-0.3, -0.25) is 4.57 Å². The number of carboxylic acids is 1. The summed E-state index contributed by atoms with van der Waals surface area (Å²) in [5.74, 6) is -0.691. The zero-order chi connectivity index (χ0) is 12.6. The SMILES string of the molecule is Cc1ncn(-c2nc(C(=O)O)ccc2N)c1C. The number of carboxylic acid groups (broad SMARTS) is 1. The number of imidazole rings is 1. The molecular weight excluding hydrogens is 220 g/mol. The summed E-state index contributed by atoms with van der Waals surface area (Å²) >= 11 is 0. The van der Waals surface area contributed by atoms with Gasteiger partial charge in [-0.05, 0) is 26.0 Å². The van der Waals surface area contributed by atoms with Crippen LogP contribution >= 0.6 is 0 Å². The van der Waals surface area contributed by atoms with Crippen molar-refractivity contribution < 1.29 is 9.90 Å². The lowest BCUT2D eigenvalue weighted by Crippen LogP contribution is -2.08. The summed E-state index contributed by atoms with van der Waals surface area (Å²) in [6.45, 7) is 3.74. The van der Waals surface area contributed by atoms with Crippen LogP contribution in [0.25, 0.3) is 5.82 Å². The van der Waals surface area contributed by atoms with E-state index in [1.165, 1.54) is 12.1 Å². The van der Waals surface area contributed by atoms with Crippen molar-refractivity contribution in [1.29, 1.82) is 0 Å². The molecule has 88 valence electrons. The van der Waals surface area contributed by atoms with Crippen molar-refractivity contribution in [2.75, 3.05) is 5.73 Å². The van der Waals surface area contributed by atoms with Crippen LogP contribution in [0.2, 0.25) is 0 Å². The first-order valence-electron chi connectivity index (χ1n) is 5.01. The van der Waals surface area contributed by atoms with Crippen molar-refractivity contribution in [3.8, 4) is 5.82 Å². The van der Waals surface area contributed by atoms with Crippen LogP contribution in [0.1, 0.15) is 21.9 Å². The molecule has 0 unspecified atom stereocenters. The van der Waals surface area contributed by atoms with Gasteiger partial charge in [-0.15, -0.1) is 0 Å². The van der Waals surface area contributed by atoms with Gasteiger partial charge in [0.25, 0.3) is 0 Å². The topological polar surface area (TPSA) is 94.0 Å². The molecule has 0 aliphatic rings. The monoisotopic (exact) mass is 232 g/mol. The second kappa shape index (κ2) is 3.89. The lowest BCUT2D eigenvalue weighted by Gasteiger charge is -2.08. The van der Waals surface area contributed by atoms with Crippen LogP contribution in [0.3, 0.4) is 0 Å². The average molecular weight is 232 g/mol. The molecule has 2 rings (SSSR count). The highest BCUT2D eigenvalue weighted by molar-refractivity contribution is 5.86. The van der Waals surface area contributed by atoms with Gasteiger partial charge >= 0.3 is 5.97 Å². The van der Waals surface area contributed by atoms with Crippen LogP contribution < -0.4 is 5.73 Å². The number of carbonyl (C=O) groups is 1. The Kier molecular flexibility index (Phi) is 2.55. The number of aromatic carboxylic acids is 1. The summed E-state index contributed by atoms with van der Waals surface area (Å²) in [7, 11) is 0. The van der Waals surface area contributed by atoms with Crippen LogP contribution in [0, 0.1) is 13.8 Å². The predicted octanol–water partition coefficient (Wildman–Crippen LogP) is 1.16. The number of nitrogens with two attached hydrogens (primary N) is 1. The third kappa shape index (κ3) is 1.84. The molecule has 0 saturated carbocycles. The average Bonchev–Trinajstić information content (AvgIpc) is 2.60. The Morgan fingerprint density at radius 1 is 1.41 bits per heavy atom. The van der Waals surface area contributed by atoms with Gasteiger partial charge in [0.05, 0.1) is 11.4 Å². The molecule has 0 aliphatic heterocycles. The highest BCUT2D eigenvalue weighted by Crippen LogP contribution is 2.18. The molecule has 6 heteroatoms. The maximum atomic E-state index is 10.9. The van der Waals surface area contributed by atoms with Crippen molar-refractivity contribution >= 4 is 11.7 Å². The zero-order valence-corrected chi connectivity index (χ0v) is 9.51. The first-order valence-corrected chi connectivity index (χ1v) is 5.01. The number of nitrogen functional groups attached to an aromatic ring is 1. The zero-order valence-electron chi connectivity index (χ0n) is 9.51. The Balaban J connectivity index is 2.62. The molecule has 2 aromatic rings. The van der Waals surface area contributed by atoms with E-state index in [2.05, 4.69) is 9.97 Å². The van der Waals surface area contributed by atoms with Gasteiger partial charge in [-0.1, -0.05) is 0 Å². The fourth-order valence-electron chi connectivity index (χ4n) is 1.48. The molecule has 6 nitrogen and oxygen atoms in total. The number of rotatable bonds is 2. The van der Waals surface area contributed by atoms with Gasteiger partial charge in [-0.25, -0.2) is 14.8 Å². The molecule has 0 saturated heterocycles. The smallest absolute Gasteiger partial charge is 0.354 e. The number of hydrogen-bond acceptors (Lipinski definition) is 4. The molecule has 0 radical (unpaired) electrons. The third-order valence-corrected chi connectivity index (χ3v) is 2.60. The van der Waals surface area contributed by atoms with Gasteiger partial charge in [0.1, 0.15) is 6.33 Å². The first-order chi connectivity index (χ1) is 8.00. The molecule has 0 atom stereocenters. The largest absolute Gasteiger partial charge is 0.477 e.